The molecule has 1 nitrogen and oxygen atoms in total. The highest BCUT2D eigenvalue weighted by atomic mass is 14.9. The molecule has 12 heavy (non-hydrogen) atoms. The molecule has 0 bridgehead atoms. The maximum atomic E-state index is 3.58. The molecule has 0 aromatic rings. The minimum absolute atomic E-state index is 0.934. The van der Waals surface area contributed by atoms with Crippen LogP contribution < -0.4 is 5.32 Å². The summed E-state index contributed by atoms with van der Waals surface area (Å²) in [6.45, 7) is 4.92. The predicted octanol–water partition coefficient (Wildman–Crippen LogP) is 2.42. The summed E-state index contributed by atoms with van der Waals surface area (Å²) in [6, 6.07) is 0. The lowest BCUT2D eigenvalue weighted by Gasteiger charge is -2.10. The van der Waals surface area contributed by atoms with E-state index in [0.29, 0.717) is 0 Å². The van der Waals surface area contributed by atoms with Crippen molar-refractivity contribution in [3.63, 3.8) is 0 Å². The molecule has 1 N–H and O–H groups in total. The van der Waals surface area contributed by atoms with E-state index < -0.39 is 0 Å². The molecule has 2 rings (SSSR count). The van der Waals surface area contributed by atoms with E-state index in [1.54, 1.807) is 0 Å². The fourth-order valence-electron chi connectivity index (χ4n) is 1.87. The molecule has 0 aromatic carbocycles. The Hall–Kier alpha value is -0.0400. The highest BCUT2D eigenvalue weighted by molar-refractivity contribution is 4.80. The zero-order valence-electron chi connectivity index (χ0n) is 8.18. The minimum Gasteiger partial charge on any atom is -0.316 e. The summed E-state index contributed by atoms with van der Waals surface area (Å²) in [5.74, 6) is 3.09. The van der Waals surface area contributed by atoms with Gasteiger partial charge in [-0.05, 0) is 50.1 Å². The summed E-state index contributed by atoms with van der Waals surface area (Å²) in [7, 11) is 0. The smallest absolute Gasteiger partial charge is 0.00205 e. The van der Waals surface area contributed by atoms with Crippen molar-refractivity contribution in [1.29, 1.82) is 0 Å². The average Bonchev–Trinajstić information content (AvgIpc) is 2.85. The van der Waals surface area contributed by atoms with Crippen molar-refractivity contribution >= 4 is 0 Å². The van der Waals surface area contributed by atoms with Gasteiger partial charge in [0.05, 0.1) is 0 Å². The van der Waals surface area contributed by atoms with Gasteiger partial charge in [0.15, 0.2) is 0 Å². The number of rotatable bonds is 6. The Balaban J connectivity index is 1.44. The third-order valence-corrected chi connectivity index (χ3v) is 3.32. The molecule has 0 heterocycles. The van der Waals surface area contributed by atoms with Gasteiger partial charge in [-0.3, -0.25) is 0 Å². The molecule has 1 atom stereocenters. The van der Waals surface area contributed by atoms with Gasteiger partial charge in [-0.2, -0.15) is 0 Å². The molecule has 1 heteroatoms. The molecule has 2 saturated carbocycles. The molecule has 0 amide bonds. The van der Waals surface area contributed by atoms with Gasteiger partial charge >= 0.3 is 0 Å². The van der Waals surface area contributed by atoms with Crippen LogP contribution in [0.4, 0.5) is 0 Å². The Labute approximate surface area is 75.9 Å². The van der Waals surface area contributed by atoms with Gasteiger partial charge < -0.3 is 5.32 Å². The second kappa shape index (κ2) is 3.78. The van der Waals surface area contributed by atoms with Crippen LogP contribution in [0.5, 0.6) is 0 Å². The summed E-state index contributed by atoms with van der Waals surface area (Å²) in [5, 5.41) is 3.58. The summed E-state index contributed by atoms with van der Waals surface area (Å²) >= 11 is 0. The van der Waals surface area contributed by atoms with Crippen molar-refractivity contribution in [2.24, 2.45) is 17.8 Å². The van der Waals surface area contributed by atoms with E-state index in [9.17, 15) is 0 Å². The maximum Gasteiger partial charge on any atom is -0.00205 e. The normalized spacial score (nSPS) is 25.8. The van der Waals surface area contributed by atoms with Crippen molar-refractivity contribution in [1.82, 2.24) is 5.32 Å². The molecule has 2 fully saturated rings. The Morgan fingerprint density at radius 3 is 2.58 bits per heavy atom. The van der Waals surface area contributed by atoms with E-state index >= 15 is 0 Å². The number of hydrogen-bond donors (Lipinski definition) is 1. The van der Waals surface area contributed by atoms with Crippen molar-refractivity contribution in [3.8, 4) is 0 Å². The molecule has 0 saturated heterocycles. The largest absolute Gasteiger partial charge is 0.316 e. The Morgan fingerprint density at radius 2 is 2.00 bits per heavy atom. The van der Waals surface area contributed by atoms with Crippen LogP contribution in [0.1, 0.15) is 39.0 Å². The van der Waals surface area contributed by atoms with E-state index in [-0.39, 0.29) is 0 Å². The second-order valence-corrected chi connectivity index (χ2v) is 4.75. The first-order valence-corrected chi connectivity index (χ1v) is 5.57. The van der Waals surface area contributed by atoms with Crippen LogP contribution in [0.3, 0.4) is 0 Å². The van der Waals surface area contributed by atoms with Crippen LogP contribution in [-0.2, 0) is 0 Å². The summed E-state index contributed by atoms with van der Waals surface area (Å²) in [6.07, 6.45) is 7.41. The van der Waals surface area contributed by atoms with E-state index in [1.165, 1.54) is 45.2 Å². The average molecular weight is 167 g/mol. The van der Waals surface area contributed by atoms with Gasteiger partial charge in [0.25, 0.3) is 0 Å². The van der Waals surface area contributed by atoms with Gasteiger partial charge in [0, 0.05) is 0 Å². The van der Waals surface area contributed by atoms with Crippen LogP contribution in [0.2, 0.25) is 0 Å². The lowest BCUT2D eigenvalue weighted by molar-refractivity contribution is 0.455. The SMILES string of the molecule is CC(CNCCC1CC1)C1CC1. The Morgan fingerprint density at radius 1 is 1.25 bits per heavy atom. The lowest BCUT2D eigenvalue weighted by atomic mass is 10.1. The minimum atomic E-state index is 0.934. The monoisotopic (exact) mass is 167 g/mol. The fraction of sp³-hybridized carbons (Fsp3) is 1.00. The van der Waals surface area contributed by atoms with Crippen molar-refractivity contribution < 1.29 is 0 Å². The quantitative estimate of drug-likeness (QED) is 0.599. The summed E-state index contributed by atoms with van der Waals surface area (Å²) < 4.78 is 0. The summed E-state index contributed by atoms with van der Waals surface area (Å²) in [4.78, 5) is 0. The van der Waals surface area contributed by atoms with Crippen LogP contribution in [-0.4, -0.2) is 13.1 Å². The van der Waals surface area contributed by atoms with E-state index in [0.717, 1.165) is 17.8 Å². The summed E-state index contributed by atoms with van der Waals surface area (Å²) in [5.41, 5.74) is 0. The van der Waals surface area contributed by atoms with Crippen LogP contribution >= 0.6 is 0 Å². The first-order valence-electron chi connectivity index (χ1n) is 5.57. The number of hydrogen-bond acceptors (Lipinski definition) is 1. The first-order chi connectivity index (χ1) is 5.86. The molecule has 1 unspecified atom stereocenters. The van der Waals surface area contributed by atoms with Crippen molar-refractivity contribution in [2.75, 3.05) is 13.1 Å². The molecular formula is C11H21N. The maximum absolute atomic E-state index is 3.58. The van der Waals surface area contributed by atoms with Gasteiger partial charge in [-0.1, -0.05) is 19.8 Å². The standard InChI is InChI=1S/C11H21N/c1-9(11-4-5-11)8-12-7-6-10-2-3-10/h9-12H,2-8H2,1H3. The molecule has 0 spiro atoms. The zero-order chi connectivity index (χ0) is 8.39. The highest BCUT2D eigenvalue weighted by Crippen LogP contribution is 2.36. The Bertz CT molecular complexity index is 136. The number of nitrogens with one attached hydrogen (secondary N) is 1. The first kappa shape index (κ1) is 8.55. The zero-order valence-corrected chi connectivity index (χ0v) is 8.18. The van der Waals surface area contributed by atoms with Crippen LogP contribution in [0.15, 0.2) is 0 Å². The van der Waals surface area contributed by atoms with E-state index in [2.05, 4.69) is 12.2 Å². The molecule has 2 aliphatic rings. The lowest BCUT2D eigenvalue weighted by Crippen LogP contribution is -2.23. The molecule has 2 aliphatic carbocycles. The molecule has 0 aromatic heterocycles. The van der Waals surface area contributed by atoms with Crippen molar-refractivity contribution in [2.45, 2.75) is 39.0 Å². The topological polar surface area (TPSA) is 12.0 Å². The van der Waals surface area contributed by atoms with E-state index in [4.69, 9.17) is 0 Å². The van der Waals surface area contributed by atoms with Gasteiger partial charge in [-0.25, -0.2) is 0 Å². The van der Waals surface area contributed by atoms with E-state index in [1.807, 2.05) is 0 Å². The molecule has 0 aliphatic heterocycles. The predicted molar refractivity (Wildman–Crippen MR) is 52.1 cm³/mol. The van der Waals surface area contributed by atoms with Crippen LogP contribution in [0.25, 0.3) is 0 Å². The van der Waals surface area contributed by atoms with Crippen LogP contribution in [0, 0.1) is 17.8 Å². The fourth-order valence-corrected chi connectivity index (χ4v) is 1.87. The second-order valence-electron chi connectivity index (χ2n) is 4.75. The molecule has 70 valence electrons. The highest BCUT2D eigenvalue weighted by Gasteiger charge is 2.27. The third-order valence-electron chi connectivity index (χ3n) is 3.32. The molecule has 0 radical (unpaired) electrons. The third kappa shape index (κ3) is 2.78. The van der Waals surface area contributed by atoms with Crippen molar-refractivity contribution in [3.05, 3.63) is 0 Å². The van der Waals surface area contributed by atoms with Gasteiger partial charge in [-0.15, -0.1) is 0 Å². The van der Waals surface area contributed by atoms with Gasteiger partial charge in [0.2, 0.25) is 0 Å². The molecular weight excluding hydrogens is 146 g/mol. The Kier molecular flexibility index (Phi) is 2.69. The van der Waals surface area contributed by atoms with Gasteiger partial charge in [0.1, 0.15) is 0 Å².